The van der Waals surface area contributed by atoms with Crippen LogP contribution in [0.3, 0.4) is 0 Å². The summed E-state index contributed by atoms with van der Waals surface area (Å²) in [6, 6.07) is 10.7. The number of thioether (sulfide) groups is 1. The number of aryl methyl sites for hydroxylation is 2. The number of hydrogen-bond donors (Lipinski definition) is 1. The summed E-state index contributed by atoms with van der Waals surface area (Å²) in [6.45, 7) is 9.92. The van der Waals surface area contributed by atoms with Gasteiger partial charge in [0, 0.05) is 22.8 Å². The molecule has 0 radical (unpaired) electrons. The molecule has 1 aromatic heterocycles. The maximum absolute atomic E-state index is 12.4. The summed E-state index contributed by atoms with van der Waals surface area (Å²) >= 11 is 7.55. The standard InChI is InChI=1S/C24H27ClN4O3S/c1-6-29-23(17(5)32-20-10-14(2)22(25)15(3)11-20)27-28-24(29)33-13-21(31)26-19-9-7-8-18(12-19)16(4)30/h7-12,17H,6,13H2,1-5H3,(H,26,31). The van der Waals surface area contributed by atoms with E-state index in [0.29, 0.717) is 34.5 Å². The molecule has 0 aliphatic rings. The first kappa shape index (κ1) is 24.8. The second kappa shape index (κ2) is 10.9. The van der Waals surface area contributed by atoms with Crippen LogP contribution in [0.4, 0.5) is 5.69 Å². The molecule has 7 nitrogen and oxygen atoms in total. The van der Waals surface area contributed by atoms with Gasteiger partial charge in [0.25, 0.3) is 0 Å². The first-order valence-corrected chi connectivity index (χ1v) is 12.0. The molecular weight excluding hydrogens is 460 g/mol. The zero-order valence-corrected chi connectivity index (χ0v) is 20.9. The number of carbonyl (C=O) groups excluding carboxylic acids is 2. The quantitative estimate of drug-likeness (QED) is 0.311. The smallest absolute Gasteiger partial charge is 0.234 e. The second-order valence-corrected chi connectivity index (χ2v) is 9.01. The summed E-state index contributed by atoms with van der Waals surface area (Å²) in [5.41, 5.74) is 3.04. The zero-order valence-electron chi connectivity index (χ0n) is 19.3. The van der Waals surface area contributed by atoms with Crippen LogP contribution in [0.25, 0.3) is 0 Å². The molecule has 0 saturated heterocycles. The van der Waals surface area contributed by atoms with Crippen LogP contribution in [-0.4, -0.2) is 32.2 Å². The first-order valence-electron chi connectivity index (χ1n) is 10.6. The number of anilines is 1. The van der Waals surface area contributed by atoms with Crippen molar-refractivity contribution >= 4 is 40.7 Å². The third-order valence-electron chi connectivity index (χ3n) is 5.03. The molecule has 0 fully saturated rings. The van der Waals surface area contributed by atoms with Crippen molar-refractivity contribution in [2.75, 3.05) is 11.1 Å². The number of carbonyl (C=O) groups is 2. The molecule has 3 rings (SSSR count). The largest absolute Gasteiger partial charge is 0.483 e. The highest BCUT2D eigenvalue weighted by Gasteiger charge is 2.20. The molecule has 0 saturated carbocycles. The Hall–Kier alpha value is -2.84. The van der Waals surface area contributed by atoms with Gasteiger partial charge >= 0.3 is 0 Å². The van der Waals surface area contributed by atoms with E-state index in [0.717, 1.165) is 16.1 Å². The van der Waals surface area contributed by atoms with Crippen LogP contribution in [0.15, 0.2) is 41.6 Å². The Bertz CT molecular complexity index is 1160. The van der Waals surface area contributed by atoms with Gasteiger partial charge < -0.3 is 14.6 Å². The van der Waals surface area contributed by atoms with Gasteiger partial charge in [-0.2, -0.15) is 0 Å². The number of ketones is 1. The van der Waals surface area contributed by atoms with Crippen molar-refractivity contribution < 1.29 is 14.3 Å². The molecule has 1 atom stereocenters. The number of Topliss-reactive ketones (excluding diaryl/α,β-unsaturated/α-hetero) is 1. The van der Waals surface area contributed by atoms with E-state index in [4.69, 9.17) is 16.3 Å². The maximum Gasteiger partial charge on any atom is 0.234 e. The van der Waals surface area contributed by atoms with E-state index in [1.807, 2.05) is 44.4 Å². The molecule has 1 amide bonds. The van der Waals surface area contributed by atoms with Crippen LogP contribution in [0.2, 0.25) is 5.02 Å². The molecule has 1 heterocycles. The minimum Gasteiger partial charge on any atom is -0.483 e. The van der Waals surface area contributed by atoms with E-state index in [1.54, 1.807) is 24.3 Å². The number of amides is 1. The molecule has 33 heavy (non-hydrogen) atoms. The van der Waals surface area contributed by atoms with Crippen molar-refractivity contribution in [3.63, 3.8) is 0 Å². The fraction of sp³-hybridized carbons (Fsp3) is 0.333. The molecule has 0 bridgehead atoms. The van der Waals surface area contributed by atoms with E-state index in [2.05, 4.69) is 15.5 Å². The summed E-state index contributed by atoms with van der Waals surface area (Å²) in [4.78, 5) is 24.0. The number of aromatic nitrogens is 3. The summed E-state index contributed by atoms with van der Waals surface area (Å²) in [5, 5.41) is 12.8. The fourth-order valence-corrected chi connectivity index (χ4v) is 4.30. The van der Waals surface area contributed by atoms with Crippen molar-refractivity contribution in [2.45, 2.75) is 52.4 Å². The summed E-state index contributed by atoms with van der Waals surface area (Å²) in [6.07, 6.45) is -0.338. The van der Waals surface area contributed by atoms with E-state index < -0.39 is 0 Å². The summed E-state index contributed by atoms with van der Waals surface area (Å²) in [7, 11) is 0. The zero-order chi connectivity index (χ0) is 24.1. The Morgan fingerprint density at radius 2 is 1.88 bits per heavy atom. The van der Waals surface area contributed by atoms with E-state index in [1.165, 1.54) is 18.7 Å². The molecular formula is C24H27ClN4O3S. The summed E-state index contributed by atoms with van der Waals surface area (Å²) < 4.78 is 8.05. The van der Waals surface area contributed by atoms with Gasteiger partial charge in [-0.05, 0) is 70.0 Å². The predicted molar refractivity (Wildman–Crippen MR) is 131 cm³/mol. The lowest BCUT2D eigenvalue weighted by atomic mass is 10.1. The molecule has 174 valence electrons. The molecule has 1 unspecified atom stereocenters. The fourth-order valence-electron chi connectivity index (χ4n) is 3.38. The van der Waals surface area contributed by atoms with Crippen molar-refractivity contribution in [2.24, 2.45) is 0 Å². The average Bonchev–Trinajstić information content (AvgIpc) is 3.19. The number of halogens is 1. The number of nitrogens with zero attached hydrogens (tertiary/aromatic N) is 3. The number of nitrogens with one attached hydrogen (secondary N) is 1. The maximum atomic E-state index is 12.4. The number of hydrogen-bond acceptors (Lipinski definition) is 6. The first-order chi connectivity index (χ1) is 15.7. The summed E-state index contributed by atoms with van der Waals surface area (Å²) in [5.74, 6) is 1.31. The van der Waals surface area contributed by atoms with Crippen LogP contribution in [0, 0.1) is 13.8 Å². The van der Waals surface area contributed by atoms with Crippen LogP contribution in [0.1, 0.15) is 54.2 Å². The van der Waals surface area contributed by atoms with Gasteiger partial charge in [0.05, 0.1) is 5.75 Å². The lowest BCUT2D eigenvalue weighted by Gasteiger charge is -2.17. The molecule has 0 aliphatic heterocycles. The van der Waals surface area contributed by atoms with Crippen molar-refractivity contribution in [3.8, 4) is 5.75 Å². The minimum atomic E-state index is -0.338. The van der Waals surface area contributed by atoms with E-state index >= 15 is 0 Å². The van der Waals surface area contributed by atoms with Crippen LogP contribution in [0.5, 0.6) is 5.75 Å². The van der Waals surface area contributed by atoms with Gasteiger partial charge in [-0.25, -0.2) is 0 Å². The van der Waals surface area contributed by atoms with Crippen LogP contribution in [-0.2, 0) is 11.3 Å². The lowest BCUT2D eigenvalue weighted by Crippen LogP contribution is -2.15. The Labute approximate surface area is 202 Å². The topological polar surface area (TPSA) is 86.1 Å². The minimum absolute atomic E-state index is 0.0516. The van der Waals surface area contributed by atoms with Gasteiger partial charge in [0.1, 0.15) is 5.75 Å². The molecule has 1 N–H and O–H groups in total. The van der Waals surface area contributed by atoms with Gasteiger partial charge in [0.2, 0.25) is 5.91 Å². The Balaban J connectivity index is 1.66. The highest BCUT2D eigenvalue weighted by Crippen LogP contribution is 2.29. The third-order valence-corrected chi connectivity index (χ3v) is 6.60. The third kappa shape index (κ3) is 6.15. The van der Waals surface area contributed by atoms with Crippen molar-refractivity contribution in [3.05, 3.63) is 63.9 Å². The van der Waals surface area contributed by atoms with Gasteiger partial charge in [-0.15, -0.1) is 10.2 Å². The van der Waals surface area contributed by atoms with Gasteiger partial charge in [-0.3, -0.25) is 9.59 Å². The van der Waals surface area contributed by atoms with E-state index in [-0.39, 0.29) is 23.5 Å². The number of rotatable bonds is 9. The molecule has 9 heteroatoms. The number of ether oxygens (including phenoxy) is 1. The Morgan fingerprint density at radius 1 is 1.18 bits per heavy atom. The van der Waals surface area contributed by atoms with Crippen LogP contribution < -0.4 is 10.1 Å². The average molecular weight is 487 g/mol. The van der Waals surface area contributed by atoms with Crippen molar-refractivity contribution in [1.29, 1.82) is 0 Å². The van der Waals surface area contributed by atoms with E-state index in [9.17, 15) is 9.59 Å². The monoisotopic (exact) mass is 486 g/mol. The molecule has 2 aromatic carbocycles. The normalized spacial score (nSPS) is 11.8. The highest BCUT2D eigenvalue weighted by atomic mass is 35.5. The highest BCUT2D eigenvalue weighted by molar-refractivity contribution is 7.99. The second-order valence-electron chi connectivity index (χ2n) is 7.69. The SMILES string of the molecule is CCn1c(SCC(=O)Nc2cccc(C(C)=O)c2)nnc1C(C)Oc1cc(C)c(Cl)c(C)c1. The van der Waals surface area contributed by atoms with Gasteiger partial charge in [0.15, 0.2) is 22.9 Å². The Kier molecular flexibility index (Phi) is 8.15. The lowest BCUT2D eigenvalue weighted by molar-refractivity contribution is -0.113. The number of benzene rings is 2. The Morgan fingerprint density at radius 3 is 2.52 bits per heavy atom. The molecule has 3 aromatic rings. The van der Waals surface area contributed by atoms with Crippen LogP contribution >= 0.6 is 23.4 Å². The van der Waals surface area contributed by atoms with Crippen molar-refractivity contribution in [1.82, 2.24) is 14.8 Å². The van der Waals surface area contributed by atoms with Gasteiger partial charge in [-0.1, -0.05) is 35.5 Å². The molecule has 0 spiro atoms. The predicted octanol–water partition coefficient (Wildman–Crippen LogP) is 5.64. The molecule has 0 aliphatic carbocycles.